The first-order chi connectivity index (χ1) is 27.7. The number of hydrogen-bond acceptors (Lipinski definition) is 5. The van der Waals surface area contributed by atoms with E-state index in [1.807, 2.05) is 48.5 Å². The Kier molecular flexibility index (Phi) is 6.56. The van der Waals surface area contributed by atoms with Crippen LogP contribution in [0.3, 0.4) is 0 Å². The molecule has 0 aliphatic rings. The van der Waals surface area contributed by atoms with E-state index in [4.69, 9.17) is 23.8 Å². The molecule has 3 heterocycles. The summed E-state index contributed by atoms with van der Waals surface area (Å²) in [6.45, 7) is 0. The van der Waals surface area contributed by atoms with Gasteiger partial charge in [0.15, 0.2) is 17.5 Å². The molecular weight excluding hydrogens is 687 g/mol. The molecule has 12 aromatic rings. The van der Waals surface area contributed by atoms with Gasteiger partial charge in [0, 0.05) is 38.2 Å². The molecule has 9 aromatic carbocycles. The van der Waals surface area contributed by atoms with E-state index in [0.717, 1.165) is 77.1 Å². The highest BCUT2D eigenvalue weighted by Gasteiger charge is 2.17. The molecule has 0 fully saturated rings. The minimum Gasteiger partial charge on any atom is -0.456 e. The molecule has 3 aromatic heterocycles. The minimum absolute atomic E-state index is 0.578. The molecular formula is C51H29N3O2. The second-order valence-corrected chi connectivity index (χ2v) is 14.4. The summed E-state index contributed by atoms with van der Waals surface area (Å²) in [5.74, 6) is 1.78. The number of furan rings is 2. The fourth-order valence-electron chi connectivity index (χ4n) is 8.41. The molecule has 0 saturated heterocycles. The third-order valence-electron chi connectivity index (χ3n) is 11.1. The van der Waals surface area contributed by atoms with Crippen molar-refractivity contribution in [3.63, 3.8) is 0 Å². The van der Waals surface area contributed by atoms with E-state index in [1.165, 1.54) is 26.9 Å². The zero-order chi connectivity index (χ0) is 36.7. The van der Waals surface area contributed by atoms with E-state index >= 15 is 0 Å². The number of fused-ring (bicyclic) bond motifs is 11. The lowest BCUT2D eigenvalue weighted by Crippen LogP contribution is -2.00. The van der Waals surface area contributed by atoms with Gasteiger partial charge >= 0.3 is 0 Å². The maximum Gasteiger partial charge on any atom is 0.164 e. The van der Waals surface area contributed by atoms with Crippen LogP contribution >= 0.6 is 0 Å². The first kappa shape index (κ1) is 30.8. The molecule has 0 aliphatic heterocycles. The maximum absolute atomic E-state index is 6.30. The topological polar surface area (TPSA) is 65.0 Å². The van der Waals surface area contributed by atoms with Gasteiger partial charge in [0.1, 0.15) is 22.3 Å². The first-order valence-corrected chi connectivity index (χ1v) is 18.8. The molecule has 0 spiro atoms. The highest BCUT2D eigenvalue weighted by Crippen LogP contribution is 2.39. The van der Waals surface area contributed by atoms with Gasteiger partial charge in [-0.1, -0.05) is 140 Å². The van der Waals surface area contributed by atoms with Crippen LogP contribution in [-0.2, 0) is 0 Å². The van der Waals surface area contributed by atoms with Crippen molar-refractivity contribution in [2.45, 2.75) is 0 Å². The standard InChI is InChI=1S/C51H29N3O2/c1-2-9-37-30(8-1)16-21-33-22-17-32-20-25-35(28-42(32)47(33)37)50-52-49(53-51(54-50)36-26-27-40-39-10-3-5-13-43(39)56-46(40)29-36)34-23-18-31(19-24-34)38-12-7-15-45-48(38)41-11-4-6-14-44(41)55-45/h1-29H. The van der Waals surface area contributed by atoms with Crippen LogP contribution < -0.4 is 0 Å². The SMILES string of the molecule is c1ccc2c(c1)ccc1ccc3ccc(-c4nc(-c5ccc(-c6cccc7oc8ccccc8c67)cc5)nc(-c5ccc6c(c5)oc5ccccc56)n4)cc3c12. The lowest BCUT2D eigenvalue weighted by Gasteiger charge is -2.12. The first-order valence-electron chi connectivity index (χ1n) is 18.8. The van der Waals surface area contributed by atoms with Gasteiger partial charge in [-0.25, -0.2) is 15.0 Å². The summed E-state index contributed by atoms with van der Waals surface area (Å²) in [7, 11) is 0. The van der Waals surface area contributed by atoms with Crippen molar-refractivity contribution in [1.82, 2.24) is 15.0 Å². The van der Waals surface area contributed by atoms with Crippen molar-refractivity contribution in [2.75, 3.05) is 0 Å². The van der Waals surface area contributed by atoms with E-state index in [9.17, 15) is 0 Å². The molecule has 0 bridgehead atoms. The second-order valence-electron chi connectivity index (χ2n) is 14.4. The van der Waals surface area contributed by atoms with E-state index in [-0.39, 0.29) is 0 Å². The molecule has 12 rings (SSSR count). The van der Waals surface area contributed by atoms with Crippen LogP contribution in [0, 0.1) is 0 Å². The molecule has 0 N–H and O–H groups in total. The van der Waals surface area contributed by atoms with E-state index in [2.05, 4.69) is 127 Å². The van der Waals surface area contributed by atoms with Gasteiger partial charge in [0.05, 0.1) is 0 Å². The van der Waals surface area contributed by atoms with Gasteiger partial charge in [-0.2, -0.15) is 0 Å². The van der Waals surface area contributed by atoms with E-state index in [0.29, 0.717) is 17.5 Å². The van der Waals surface area contributed by atoms with Crippen LogP contribution in [0.5, 0.6) is 0 Å². The fraction of sp³-hybridized carbons (Fsp3) is 0. The highest BCUT2D eigenvalue weighted by atomic mass is 16.3. The van der Waals surface area contributed by atoms with Gasteiger partial charge in [-0.15, -0.1) is 0 Å². The Balaban J connectivity index is 1.04. The van der Waals surface area contributed by atoms with Crippen molar-refractivity contribution in [1.29, 1.82) is 0 Å². The summed E-state index contributed by atoms with van der Waals surface area (Å²) < 4.78 is 12.5. The van der Waals surface area contributed by atoms with Crippen molar-refractivity contribution in [3.05, 3.63) is 176 Å². The Morgan fingerprint density at radius 2 is 0.804 bits per heavy atom. The van der Waals surface area contributed by atoms with Gasteiger partial charge < -0.3 is 8.83 Å². The van der Waals surface area contributed by atoms with Crippen molar-refractivity contribution < 1.29 is 8.83 Å². The van der Waals surface area contributed by atoms with E-state index < -0.39 is 0 Å². The second kappa shape index (κ2) is 11.9. The zero-order valence-corrected chi connectivity index (χ0v) is 29.9. The fourth-order valence-corrected chi connectivity index (χ4v) is 8.41. The molecule has 0 unspecified atom stereocenters. The smallest absolute Gasteiger partial charge is 0.164 e. The third kappa shape index (κ3) is 4.78. The summed E-state index contributed by atoms with van der Waals surface area (Å²) in [4.78, 5) is 15.4. The average molecular weight is 716 g/mol. The summed E-state index contributed by atoms with van der Waals surface area (Å²) in [5, 5.41) is 11.5. The van der Waals surface area contributed by atoms with Crippen molar-refractivity contribution in [2.24, 2.45) is 0 Å². The lowest BCUT2D eigenvalue weighted by molar-refractivity contribution is 0.668. The molecule has 0 saturated carbocycles. The lowest BCUT2D eigenvalue weighted by atomic mass is 9.95. The summed E-state index contributed by atoms with van der Waals surface area (Å²) in [6.07, 6.45) is 0. The van der Waals surface area contributed by atoms with Crippen LogP contribution in [0.2, 0.25) is 0 Å². The molecule has 5 heteroatoms. The number of aromatic nitrogens is 3. The molecule has 0 aliphatic carbocycles. The predicted octanol–water partition coefficient (Wildman–Crippen LogP) is 13.8. The largest absolute Gasteiger partial charge is 0.456 e. The Hall–Kier alpha value is -7.63. The van der Waals surface area contributed by atoms with E-state index in [1.54, 1.807) is 0 Å². The number of para-hydroxylation sites is 2. The van der Waals surface area contributed by atoms with Crippen molar-refractivity contribution >= 4 is 76.2 Å². The number of nitrogens with zero attached hydrogens (tertiary/aromatic N) is 3. The predicted molar refractivity (Wildman–Crippen MR) is 229 cm³/mol. The Morgan fingerprint density at radius 3 is 1.61 bits per heavy atom. The minimum atomic E-state index is 0.578. The molecule has 0 amide bonds. The molecule has 0 atom stereocenters. The molecule has 5 nitrogen and oxygen atoms in total. The van der Waals surface area contributed by atoms with Crippen LogP contribution in [-0.4, -0.2) is 15.0 Å². The molecule has 0 radical (unpaired) electrons. The normalized spacial score (nSPS) is 11.9. The number of benzene rings is 9. The molecule has 260 valence electrons. The van der Waals surface area contributed by atoms with Crippen LogP contribution in [0.4, 0.5) is 0 Å². The quantitative estimate of drug-likeness (QED) is 0.170. The van der Waals surface area contributed by atoms with Crippen LogP contribution in [0.1, 0.15) is 0 Å². The van der Waals surface area contributed by atoms with Crippen molar-refractivity contribution in [3.8, 4) is 45.3 Å². The Labute approximate surface area is 320 Å². The van der Waals surface area contributed by atoms with Gasteiger partial charge in [-0.3, -0.25) is 0 Å². The van der Waals surface area contributed by atoms with Gasteiger partial charge in [-0.05, 0) is 79.8 Å². The maximum atomic E-state index is 6.30. The third-order valence-corrected chi connectivity index (χ3v) is 11.1. The number of rotatable bonds is 4. The van der Waals surface area contributed by atoms with Crippen LogP contribution in [0.25, 0.3) is 121 Å². The summed E-state index contributed by atoms with van der Waals surface area (Å²) in [6, 6.07) is 61.1. The monoisotopic (exact) mass is 715 g/mol. The number of hydrogen-bond donors (Lipinski definition) is 0. The molecule has 56 heavy (non-hydrogen) atoms. The Bertz CT molecular complexity index is 3540. The van der Waals surface area contributed by atoms with Gasteiger partial charge in [0.2, 0.25) is 0 Å². The summed E-state index contributed by atoms with van der Waals surface area (Å²) in [5.41, 5.74) is 8.27. The van der Waals surface area contributed by atoms with Crippen LogP contribution in [0.15, 0.2) is 185 Å². The average Bonchev–Trinajstić information content (AvgIpc) is 3.84. The summed E-state index contributed by atoms with van der Waals surface area (Å²) >= 11 is 0. The highest BCUT2D eigenvalue weighted by molar-refractivity contribution is 6.20. The zero-order valence-electron chi connectivity index (χ0n) is 29.9. The Morgan fingerprint density at radius 1 is 0.286 bits per heavy atom. The van der Waals surface area contributed by atoms with Gasteiger partial charge in [0.25, 0.3) is 0 Å².